The maximum absolute atomic E-state index is 12.0. The first-order valence-electron chi connectivity index (χ1n) is 4.37. The van der Waals surface area contributed by atoms with E-state index < -0.39 is 17.9 Å². The minimum absolute atomic E-state index is 0.0271. The molecule has 0 saturated carbocycles. The number of aryl methyl sites for hydroxylation is 1. The molecule has 0 fully saturated rings. The van der Waals surface area contributed by atoms with Crippen LogP contribution in [0.25, 0.3) is 0 Å². The molecule has 88 valence electrons. The van der Waals surface area contributed by atoms with Gasteiger partial charge in [0.2, 0.25) is 0 Å². The average molecular weight is 233 g/mol. The summed E-state index contributed by atoms with van der Waals surface area (Å²) >= 11 is 0. The normalized spacial score (nSPS) is 11.3. The Balaban J connectivity index is 3.25. The second kappa shape index (κ2) is 4.03. The molecule has 1 aromatic rings. The van der Waals surface area contributed by atoms with E-state index in [4.69, 9.17) is 5.73 Å². The quantitative estimate of drug-likeness (QED) is 0.631. The Bertz CT molecular complexity index is 427. The summed E-state index contributed by atoms with van der Waals surface area (Å²) in [5.41, 5.74) is 5.62. The highest BCUT2D eigenvalue weighted by atomic mass is 19.4. The van der Waals surface area contributed by atoms with E-state index in [9.17, 15) is 18.0 Å². The molecule has 0 unspecified atom stereocenters. The second-order valence-corrected chi connectivity index (χ2v) is 3.33. The van der Waals surface area contributed by atoms with Crippen LogP contribution in [0.5, 0.6) is 5.75 Å². The van der Waals surface area contributed by atoms with Gasteiger partial charge in [-0.15, -0.1) is 13.2 Å². The SMILES string of the molecule is CC(=O)c1cc(C)cc(OC(F)(F)F)c1N. The molecule has 6 heteroatoms. The van der Waals surface area contributed by atoms with Gasteiger partial charge in [-0.25, -0.2) is 0 Å². The highest BCUT2D eigenvalue weighted by Crippen LogP contribution is 2.32. The molecule has 1 rings (SSSR count). The Labute approximate surface area is 90.0 Å². The summed E-state index contributed by atoms with van der Waals surface area (Å²) in [6.45, 7) is 2.78. The van der Waals surface area contributed by atoms with Crippen molar-refractivity contribution in [1.82, 2.24) is 0 Å². The van der Waals surface area contributed by atoms with Gasteiger partial charge in [0, 0.05) is 5.56 Å². The van der Waals surface area contributed by atoms with Crippen molar-refractivity contribution < 1.29 is 22.7 Å². The summed E-state index contributed by atoms with van der Waals surface area (Å²) in [5, 5.41) is 0. The van der Waals surface area contributed by atoms with Crippen LogP contribution in [0.3, 0.4) is 0 Å². The molecule has 0 atom stereocenters. The van der Waals surface area contributed by atoms with Crippen LogP contribution in [-0.2, 0) is 0 Å². The van der Waals surface area contributed by atoms with Crippen LogP contribution in [0.15, 0.2) is 12.1 Å². The first kappa shape index (κ1) is 12.4. The zero-order valence-electron chi connectivity index (χ0n) is 8.68. The van der Waals surface area contributed by atoms with E-state index in [0.29, 0.717) is 5.56 Å². The van der Waals surface area contributed by atoms with Crippen LogP contribution in [0.2, 0.25) is 0 Å². The second-order valence-electron chi connectivity index (χ2n) is 3.33. The van der Waals surface area contributed by atoms with E-state index in [0.717, 1.165) is 6.07 Å². The summed E-state index contributed by atoms with van der Waals surface area (Å²) in [5.74, 6) is -0.953. The number of anilines is 1. The number of benzene rings is 1. The lowest BCUT2D eigenvalue weighted by molar-refractivity contribution is -0.274. The number of carbonyl (C=O) groups is 1. The van der Waals surface area contributed by atoms with Crippen molar-refractivity contribution in [3.8, 4) is 5.75 Å². The molecule has 0 aliphatic rings. The van der Waals surface area contributed by atoms with Crippen molar-refractivity contribution in [2.75, 3.05) is 5.73 Å². The fourth-order valence-corrected chi connectivity index (χ4v) is 1.26. The van der Waals surface area contributed by atoms with Gasteiger partial charge in [-0.2, -0.15) is 0 Å². The Morgan fingerprint density at radius 3 is 2.38 bits per heavy atom. The smallest absolute Gasteiger partial charge is 0.404 e. The van der Waals surface area contributed by atoms with Crippen molar-refractivity contribution >= 4 is 11.5 Å². The fourth-order valence-electron chi connectivity index (χ4n) is 1.26. The van der Waals surface area contributed by atoms with Crippen molar-refractivity contribution in [2.24, 2.45) is 0 Å². The van der Waals surface area contributed by atoms with Crippen LogP contribution in [-0.4, -0.2) is 12.1 Å². The predicted molar refractivity (Wildman–Crippen MR) is 52.3 cm³/mol. The fraction of sp³-hybridized carbons (Fsp3) is 0.300. The van der Waals surface area contributed by atoms with Crippen LogP contribution in [0, 0.1) is 6.92 Å². The zero-order chi connectivity index (χ0) is 12.5. The average Bonchev–Trinajstić information content (AvgIpc) is 2.07. The minimum atomic E-state index is -4.82. The molecule has 0 amide bonds. The molecular formula is C10H10F3NO2. The molecule has 0 bridgehead atoms. The molecule has 16 heavy (non-hydrogen) atoms. The standard InChI is InChI=1S/C10H10F3NO2/c1-5-3-7(6(2)15)9(14)8(4-5)16-10(11,12)13/h3-4H,14H2,1-2H3. The molecular weight excluding hydrogens is 223 g/mol. The van der Waals surface area contributed by atoms with Crippen LogP contribution in [0.1, 0.15) is 22.8 Å². The first-order chi connectivity index (χ1) is 7.20. The van der Waals surface area contributed by atoms with Crippen molar-refractivity contribution in [1.29, 1.82) is 0 Å². The molecule has 0 aliphatic heterocycles. The summed E-state index contributed by atoms with van der Waals surface area (Å²) < 4.78 is 39.8. The van der Waals surface area contributed by atoms with Gasteiger partial charge < -0.3 is 10.5 Å². The Hall–Kier alpha value is -1.72. The maximum Gasteiger partial charge on any atom is 0.573 e. The van der Waals surface area contributed by atoms with Crippen molar-refractivity contribution in [3.05, 3.63) is 23.3 Å². The maximum atomic E-state index is 12.0. The molecule has 0 aromatic heterocycles. The summed E-state index contributed by atoms with van der Waals surface area (Å²) in [6.07, 6.45) is -4.82. The number of carbonyl (C=O) groups excluding carboxylic acids is 1. The number of hydrogen-bond donors (Lipinski definition) is 1. The Morgan fingerprint density at radius 2 is 1.94 bits per heavy atom. The third-order valence-electron chi connectivity index (χ3n) is 1.89. The van der Waals surface area contributed by atoms with Gasteiger partial charge in [-0.1, -0.05) is 0 Å². The topological polar surface area (TPSA) is 52.3 Å². The van der Waals surface area contributed by atoms with E-state index in [1.54, 1.807) is 6.92 Å². The van der Waals surface area contributed by atoms with Gasteiger partial charge in [0.1, 0.15) is 0 Å². The number of nitrogens with two attached hydrogens (primary N) is 1. The summed E-state index contributed by atoms with van der Waals surface area (Å²) in [4.78, 5) is 11.1. The van der Waals surface area contributed by atoms with Gasteiger partial charge in [0.25, 0.3) is 0 Å². The first-order valence-corrected chi connectivity index (χ1v) is 4.37. The molecule has 2 N–H and O–H groups in total. The van der Waals surface area contributed by atoms with E-state index in [-0.39, 0.29) is 11.3 Å². The molecule has 0 radical (unpaired) electrons. The molecule has 3 nitrogen and oxygen atoms in total. The number of rotatable bonds is 2. The number of Topliss-reactive ketones (excluding diaryl/α,β-unsaturated/α-hetero) is 1. The monoisotopic (exact) mass is 233 g/mol. The van der Waals surface area contributed by atoms with Gasteiger partial charge in [0.05, 0.1) is 5.69 Å². The minimum Gasteiger partial charge on any atom is -0.404 e. The lowest BCUT2D eigenvalue weighted by Gasteiger charge is -2.13. The summed E-state index contributed by atoms with van der Waals surface area (Å²) in [7, 11) is 0. The number of nitrogen functional groups attached to an aromatic ring is 1. The molecule has 1 aromatic carbocycles. The summed E-state index contributed by atoms with van der Waals surface area (Å²) in [6, 6.07) is 2.55. The third kappa shape index (κ3) is 2.88. The molecule has 0 heterocycles. The van der Waals surface area contributed by atoms with Gasteiger partial charge >= 0.3 is 6.36 Å². The van der Waals surface area contributed by atoms with E-state index in [1.807, 2.05) is 0 Å². The van der Waals surface area contributed by atoms with Gasteiger partial charge in [-0.05, 0) is 31.5 Å². The number of ether oxygens (including phenoxy) is 1. The van der Waals surface area contributed by atoms with Crippen molar-refractivity contribution in [2.45, 2.75) is 20.2 Å². The lowest BCUT2D eigenvalue weighted by Crippen LogP contribution is -2.19. The predicted octanol–water partition coefficient (Wildman–Crippen LogP) is 2.68. The van der Waals surface area contributed by atoms with E-state index in [1.165, 1.54) is 13.0 Å². The van der Waals surface area contributed by atoms with Crippen LogP contribution in [0.4, 0.5) is 18.9 Å². The van der Waals surface area contributed by atoms with E-state index >= 15 is 0 Å². The molecule has 0 spiro atoms. The molecule has 0 aliphatic carbocycles. The zero-order valence-corrected chi connectivity index (χ0v) is 8.68. The highest BCUT2D eigenvalue weighted by molar-refractivity contribution is 6.00. The number of halogens is 3. The third-order valence-corrected chi connectivity index (χ3v) is 1.89. The van der Waals surface area contributed by atoms with E-state index in [2.05, 4.69) is 4.74 Å². The van der Waals surface area contributed by atoms with Crippen LogP contribution >= 0.6 is 0 Å². The Kier molecular flexibility index (Phi) is 3.11. The number of alkyl halides is 3. The van der Waals surface area contributed by atoms with Gasteiger partial charge in [-0.3, -0.25) is 4.79 Å². The van der Waals surface area contributed by atoms with Gasteiger partial charge in [0.15, 0.2) is 11.5 Å². The lowest BCUT2D eigenvalue weighted by atomic mass is 10.1. The largest absolute Gasteiger partial charge is 0.573 e. The van der Waals surface area contributed by atoms with Crippen molar-refractivity contribution in [3.63, 3.8) is 0 Å². The highest BCUT2D eigenvalue weighted by Gasteiger charge is 2.32. The number of hydrogen-bond acceptors (Lipinski definition) is 3. The van der Waals surface area contributed by atoms with Crippen LogP contribution < -0.4 is 10.5 Å². The molecule has 0 saturated heterocycles. The number of ketones is 1. The Morgan fingerprint density at radius 1 is 1.38 bits per heavy atom.